The van der Waals surface area contributed by atoms with Crippen LogP contribution in [0.4, 0.5) is 23.2 Å². The molecule has 0 bridgehead atoms. The third-order valence-electron chi connectivity index (χ3n) is 1.15. The fraction of sp³-hybridized carbons (Fsp3) is 0.143. The van der Waals surface area contributed by atoms with E-state index in [4.69, 9.17) is 0 Å². The molecule has 1 rings (SSSR count). The monoisotopic (exact) mass is 195 g/mol. The SMILES string of the molecule is Fc1ccccc1NOC(F)(F)F. The molecular weight excluding hydrogens is 190 g/mol. The Morgan fingerprint density at radius 3 is 2.31 bits per heavy atom. The fourth-order valence-corrected chi connectivity index (χ4v) is 0.657. The van der Waals surface area contributed by atoms with E-state index in [1.807, 2.05) is 0 Å². The molecule has 0 atom stereocenters. The molecule has 0 heterocycles. The Morgan fingerprint density at radius 2 is 1.77 bits per heavy atom. The molecule has 0 radical (unpaired) electrons. The van der Waals surface area contributed by atoms with E-state index in [2.05, 4.69) is 4.84 Å². The summed E-state index contributed by atoms with van der Waals surface area (Å²) in [4.78, 5) is 3.21. The molecule has 0 aliphatic rings. The quantitative estimate of drug-likeness (QED) is 0.578. The first-order chi connectivity index (χ1) is 5.99. The maximum absolute atomic E-state index is 12.7. The number of para-hydroxylation sites is 1. The van der Waals surface area contributed by atoms with Crippen LogP contribution in [0.5, 0.6) is 0 Å². The van der Waals surface area contributed by atoms with Crippen molar-refractivity contribution in [3.8, 4) is 0 Å². The minimum Gasteiger partial charge on any atom is -0.256 e. The minimum absolute atomic E-state index is 0.361. The van der Waals surface area contributed by atoms with E-state index in [1.165, 1.54) is 17.6 Å². The molecule has 1 aromatic rings. The standard InChI is InChI=1S/C7H5F4NO/c8-5-3-1-2-4-6(5)12-13-7(9,10)11/h1-4,12H. The van der Waals surface area contributed by atoms with Crippen LogP contribution < -0.4 is 5.48 Å². The third-order valence-corrected chi connectivity index (χ3v) is 1.15. The summed E-state index contributed by atoms with van der Waals surface area (Å²) in [7, 11) is 0. The van der Waals surface area contributed by atoms with Crippen molar-refractivity contribution in [3.05, 3.63) is 30.1 Å². The number of hydrogen-bond donors (Lipinski definition) is 1. The zero-order chi connectivity index (χ0) is 9.90. The van der Waals surface area contributed by atoms with Crippen LogP contribution >= 0.6 is 0 Å². The molecule has 0 amide bonds. The minimum atomic E-state index is -4.83. The summed E-state index contributed by atoms with van der Waals surface area (Å²) in [5.74, 6) is -0.813. The van der Waals surface area contributed by atoms with Crippen LogP contribution in [0.1, 0.15) is 0 Å². The molecule has 0 aromatic heterocycles. The molecule has 0 fully saturated rings. The summed E-state index contributed by atoms with van der Waals surface area (Å²) in [5.41, 5.74) is 1.09. The van der Waals surface area contributed by atoms with Gasteiger partial charge in [0.1, 0.15) is 5.82 Å². The number of anilines is 1. The molecule has 0 unspecified atom stereocenters. The molecule has 1 N–H and O–H groups in total. The van der Waals surface area contributed by atoms with Crippen LogP contribution in [-0.2, 0) is 4.84 Å². The van der Waals surface area contributed by atoms with E-state index in [1.54, 1.807) is 0 Å². The smallest absolute Gasteiger partial charge is 0.256 e. The first kappa shape index (κ1) is 9.79. The Bertz CT molecular complexity index is 286. The van der Waals surface area contributed by atoms with Crippen molar-refractivity contribution in [3.63, 3.8) is 0 Å². The van der Waals surface area contributed by atoms with Gasteiger partial charge in [-0.15, -0.1) is 13.2 Å². The van der Waals surface area contributed by atoms with Crippen LogP contribution in [0.25, 0.3) is 0 Å². The molecule has 0 aliphatic heterocycles. The predicted molar refractivity (Wildman–Crippen MR) is 37.2 cm³/mol. The molecule has 1 aromatic carbocycles. The lowest BCUT2D eigenvalue weighted by Gasteiger charge is -2.09. The maximum atomic E-state index is 12.7. The largest absolute Gasteiger partial charge is 0.543 e. The van der Waals surface area contributed by atoms with Crippen molar-refractivity contribution < 1.29 is 22.4 Å². The summed E-state index contributed by atoms with van der Waals surface area (Å²) in [5, 5.41) is 0. The normalized spacial score (nSPS) is 11.4. The van der Waals surface area contributed by atoms with Crippen molar-refractivity contribution in [2.45, 2.75) is 6.36 Å². The van der Waals surface area contributed by atoms with Crippen LogP contribution in [0.2, 0.25) is 0 Å². The van der Waals surface area contributed by atoms with E-state index < -0.39 is 12.2 Å². The topological polar surface area (TPSA) is 21.3 Å². The van der Waals surface area contributed by atoms with Gasteiger partial charge in [0.25, 0.3) is 0 Å². The zero-order valence-corrected chi connectivity index (χ0v) is 6.23. The van der Waals surface area contributed by atoms with Gasteiger partial charge < -0.3 is 0 Å². The Morgan fingerprint density at radius 1 is 1.15 bits per heavy atom. The van der Waals surface area contributed by atoms with E-state index >= 15 is 0 Å². The van der Waals surface area contributed by atoms with Crippen LogP contribution in [-0.4, -0.2) is 6.36 Å². The molecule has 0 aliphatic carbocycles. The van der Waals surface area contributed by atoms with Gasteiger partial charge in [0, 0.05) is 0 Å². The van der Waals surface area contributed by atoms with E-state index in [0.717, 1.165) is 12.1 Å². The molecule has 0 saturated heterocycles. The molecular formula is C7H5F4NO. The Kier molecular flexibility index (Phi) is 2.72. The van der Waals surface area contributed by atoms with E-state index in [-0.39, 0.29) is 5.69 Å². The number of halogens is 4. The van der Waals surface area contributed by atoms with Crippen molar-refractivity contribution in [2.75, 3.05) is 5.48 Å². The van der Waals surface area contributed by atoms with Gasteiger partial charge in [0.05, 0.1) is 5.69 Å². The lowest BCUT2D eigenvalue weighted by Crippen LogP contribution is -2.18. The summed E-state index contributed by atoms with van der Waals surface area (Å²) < 4.78 is 47.1. The summed E-state index contributed by atoms with van der Waals surface area (Å²) >= 11 is 0. The lowest BCUT2D eigenvalue weighted by atomic mass is 10.3. The van der Waals surface area contributed by atoms with Crippen molar-refractivity contribution in [1.29, 1.82) is 0 Å². The van der Waals surface area contributed by atoms with E-state index in [9.17, 15) is 17.6 Å². The van der Waals surface area contributed by atoms with Crippen LogP contribution in [0.15, 0.2) is 24.3 Å². The number of alkyl halides is 3. The summed E-state index contributed by atoms with van der Waals surface area (Å²) in [6.45, 7) is 0. The van der Waals surface area contributed by atoms with Crippen LogP contribution in [0.3, 0.4) is 0 Å². The fourth-order valence-electron chi connectivity index (χ4n) is 0.657. The number of nitrogens with one attached hydrogen (secondary N) is 1. The second-order valence-corrected chi connectivity index (χ2v) is 2.13. The second kappa shape index (κ2) is 3.61. The zero-order valence-electron chi connectivity index (χ0n) is 6.23. The highest BCUT2D eigenvalue weighted by atomic mass is 19.4. The summed E-state index contributed by atoms with van der Waals surface area (Å²) in [6.07, 6.45) is -4.83. The number of benzene rings is 1. The van der Waals surface area contributed by atoms with Gasteiger partial charge in [0.2, 0.25) is 0 Å². The number of hydrogen-bond acceptors (Lipinski definition) is 2. The Hall–Kier alpha value is -1.30. The molecule has 6 heteroatoms. The first-order valence-corrected chi connectivity index (χ1v) is 3.24. The van der Waals surface area contributed by atoms with Gasteiger partial charge in [-0.2, -0.15) is 4.84 Å². The lowest BCUT2D eigenvalue weighted by molar-refractivity contribution is -0.311. The second-order valence-electron chi connectivity index (χ2n) is 2.13. The molecule has 0 saturated carbocycles. The van der Waals surface area contributed by atoms with E-state index in [0.29, 0.717) is 0 Å². The maximum Gasteiger partial charge on any atom is 0.543 e. The highest BCUT2D eigenvalue weighted by Crippen LogP contribution is 2.19. The predicted octanol–water partition coefficient (Wildman–Crippen LogP) is 2.69. The van der Waals surface area contributed by atoms with Gasteiger partial charge >= 0.3 is 6.36 Å². The summed E-state index contributed by atoms with van der Waals surface area (Å²) in [6, 6.07) is 4.88. The Balaban J connectivity index is 2.60. The number of rotatable bonds is 2. The molecule has 72 valence electrons. The van der Waals surface area contributed by atoms with Gasteiger partial charge in [-0.1, -0.05) is 12.1 Å². The van der Waals surface area contributed by atoms with Crippen molar-refractivity contribution >= 4 is 5.69 Å². The van der Waals surface area contributed by atoms with Gasteiger partial charge in [-0.3, -0.25) is 5.48 Å². The van der Waals surface area contributed by atoms with Crippen LogP contribution in [0, 0.1) is 5.82 Å². The average Bonchev–Trinajstić information content (AvgIpc) is 2.01. The molecule has 13 heavy (non-hydrogen) atoms. The average molecular weight is 195 g/mol. The van der Waals surface area contributed by atoms with Crippen molar-refractivity contribution in [2.24, 2.45) is 0 Å². The molecule has 0 spiro atoms. The van der Waals surface area contributed by atoms with Gasteiger partial charge in [-0.05, 0) is 12.1 Å². The van der Waals surface area contributed by atoms with Crippen molar-refractivity contribution in [1.82, 2.24) is 0 Å². The highest BCUT2D eigenvalue weighted by Gasteiger charge is 2.30. The third kappa shape index (κ3) is 3.29. The first-order valence-electron chi connectivity index (χ1n) is 3.24. The molecule has 2 nitrogen and oxygen atoms in total. The highest BCUT2D eigenvalue weighted by molar-refractivity contribution is 5.41. The van der Waals surface area contributed by atoms with Gasteiger partial charge in [-0.25, -0.2) is 4.39 Å². The Labute approximate surface area is 71.1 Å². The van der Waals surface area contributed by atoms with Gasteiger partial charge in [0.15, 0.2) is 0 Å².